The van der Waals surface area contributed by atoms with E-state index >= 15 is 0 Å². The minimum absolute atomic E-state index is 0.395. The number of para-hydroxylation sites is 1. The van der Waals surface area contributed by atoms with Gasteiger partial charge >= 0.3 is 0 Å². The fourth-order valence-electron chi connectivity index (χ4n) is 5.01. The maximum atomic E-state index is 5.07. The van der Waals surface area contributed by atoms with Gasteiger partial charge in [0.1, 0.15) is 17.5 Å². The summed E-state index contributed by atoms with van der Waals surface area (Å²) in [5.41, 5.74) is 1.01. The summed E-state index contributed by atoms with van der Waals surface area (Å²) < 4.78 is 2.41. The molecule has 31 heavy (non-hydrogen) atoms. The second-order valence-electron chi connectivity index (χ2n) is 8.59. The molecule has 0 saturated carbocycles. The van der Waals surface area contributed by atoms with Gasteiger partial charge in [-0.1, -0.05) is 24.6 Å². The predicted molar refractivity (Wildman–Crippen MR) is 125 cm³/mol. The van der Waals surface area contributed by atoms with Gasteiger partial charge in [0.2, 0.25) is 0 Å². The van der Waals surface area contributed by atoms with Crippen LogP contribution in [0.5, 0.6) is 0 Å². The molecule has 1 atom stereocenters. The molecule has 3 aromatic heterocycles. The maximum absolute atomic E-state index is 5.07. The maximum Gasteiger partial charge on any atom is 0.172 e. The van der Waals surface area contributed by atoms with Crippen molar-refractivity contribution in [3.8, 4) is 10.7 Å². The highest BCUT2D eigenvalue weighted by atomic mass is 32.1. The van der Waals surface area contributed by atoms with Gasteiger partial charge in [-0.05, 0) is 49.3 Å². The average molecular weight is 431 g/mol. The largest absolute Gasteiger partial charge is 0.355 e. The first-order valence-corrected chi connectivity index (χ1v) is 12.2. The van der Waals surface area contributed by atoms with Crippen molar-refractivity contribution in [2.24, 2.45) is 0 Å². The number of aromatic nitrogens is 5. The molecule has 0 aliphatic carbocycles. The Morgan fingerprint density at radius 1 is 0.903 bits per heavy atom. The second-order valence-corrected chi connectivity index (χ2v) is 9.53. The molecule has 2 aliphatic heterocycles. The summed E-state index contributed by atoms with van der Waals surface area (Å²) in [4.78, 5) is 13.5. The van der Waals surface area contributed by atoms with E-state index in [9.17, 15) is 0 Å². The topological polar surface area (TPSA) is 59.7 Å². The number of thiophene rings is 1. The Balaban J connectivity index is 1.38. The van der Waals surface area contributed by atoms with Crippen LogP contribution in [0.2, 0.25) is 0 Å². The molecule has 158 valence electrons. The molecule has 0 spiro atoms. The lowest BCUT2D eigenvalue weighted by Gasteiger charge is -2.34. The van der Waals surface area contributed by atoms with Crippen LogP contribution in [0.15, 0.2) is 41.8 Å². The molecule has 0 bridgehead atoms. The molecule has 0 radical (unpaired) electrons. The van der Waals surface area contributed by atoms with E-state index in [0.29, 0.717) is 5.92 Å². The van der Waals surface area contributed by atoms with Crippen LogP contribution in [0.3, 0.4) is 0 Å². The van der Waals surface area contributed by atoms with Crippen LogP contribution in [0.4, 0.5) is 5.82 Å². The first-order valence-electron chi connectivity index (χ1n) is 11.3. The molecular weight excluding hydrogens is 404 g/mol. The van der Waals surface area contributed by atoms with Crippen molar-refractivity contribution >= 4 is 28.1 Å². The Labute approximate surface area is 186 Å². The number of rotatable bonds is 3. The summed E-state index contributed by atoms with van der Waals surface area (Å²) in [5.74, 6) is 4.62. The molecule has 0 N–H and O–H groups in total. The van der Waals surface area contributed by atoms with Gasteiger partial charge < -0.3 is 9.47 Å². The number of hydrogen-bond acceptors (Lipinski definition) is 6. The fraction of sp³-hybridized carbons (Fsp3) is 0.417. The summed E-state index contributed by atoms with van der Waals surface area (Å²) >= 11 is 1.69. The molecule has 6 rings (SSSR count). The smallest absolute Gasteiger partial charge is 0.172 e. The third-order valence-corrected chi connectivity index (χ3v) is 7.41. The quantitative estimate of drug-likeness (QED) is 0.455. The molecular formula is C24H26N6S. The highest BCUT2D eigenvalue weighted by Gasteiger charge is 2.29. The van der Waals surface area contributed by atoms with Crippen molar-refractivity contribution in [1.82, 2.24) is 24.7 Å². The van der Waals surface area contributed by atoms with Gasteiger partial charge in [0.15, 0.2) is 5.82 Å². The Morgan fingerprint density at radius 3 is 2.81 bits per heavy atom. The highest BCUT2D eigenvalue weighted by Crippen LogP contribution is 2.34. The van der Waals surface area contributed by atoms with E-state index in [1.807, 2.05) is 0 Å². The van der Waals surface area contributed by atoms with Gasteiger partial charge in [-0.25, -0.2) is 9.97 Å². The molecule has 1 saturated heterocycles. The number of benzene rings is 1. The predicted octanol–water partition coefficient (Wildman–Crippen LogP) is 5.06. The molecule has 1 fully saturated rings. The number of hydrogen-bond donors (Lipinski definition) is 0. The second kappa shape index (κ2) is 8.04. The summed E-state index contributed by atoms with van der Waals surface area (Å²) in [6.45, 7) is 3.01. The number of nitrogens with zero attached hydrogens (tertiary/aromatic N) is 6. The number of aryl methyl sites for hydroxylation is 1. The summed E-state index contributed by atoms with van der Waals surface area (Å²) in [7, 11) is 0. The number of fused-ring (bicyclic) bond motifs is 2. The van der Waals surface area contributed by atoms with Crippen LogP contribution in [-0.4, -0.2) is 37.8 Å². The molecule has 6 nitrogen and oxygen atoms in total. The average Bonchev–Trinajstić information content (AvgIpc) is 3.44. The van der Waals surface area contributed by atoms with Gasteiger partial charge in [-0.15, -0.1) is 21.5 Å². The minimum Gasteiger partial charge on any atom is -0.355 e. The standard InChI is InChI=1S/C24H26N6S/c1-2-12-21-27-28-23(30(21)14-5-1)17-8-6-13-29(16-17)24-18-9-3-4-10-19(18)25-22(26-24)20-11-7-15-31-20/h3-4,7,9-11,15,17H,1-2,5-6,8,12-14,16H2/t17-/m1/s1. The van der Waals surface area contributed by atoms with Crippen LogP contribution >= 0.6 is 11.3 Å². The molecule has 5 heterocycles. The lowest BCUT2D eigenvalue weighted by Crippen LogP contribution is -2.36. The van der Waals surface area contributed by atoms with Gasteiger partial charge in [-0.2, -0.15) is 0 Å². The van der Waals surface area contributed by atoms with Crippen molar-refractivity contribution in [2.75, 3.05) is 18.0 Å². The first-order chi connectivity index (χ1) is 15.4. The van der Waals surface area contributed by atoms with Crippen molar-refractivity contribution in [1.29, 1.82) is 0 Å². The van der Waals surface area contributed by atoms with Crippen LogP contribution in [0, 0.1) is 0 Å². The molecule has 7 heteroatoms. The third kappa shape index (κ3) is 3.51. The van der Waals surface area contributed by atoms with Crippen LogP contribution in [0.1, 0.15) is 49.7 Å². The van der Waals surface area contributed by atoms with E-state index in [0.717, 1.165) is 66.3 Å². The normalized spacial score (nSPS) is 19.4. The van der Waals surface area contributed by atoms with E-state index in [2.05, 4.69) is 61.4 Å². The summed E-state index contributed by atoms with van der Waals surface area (Å²) in [5, 5.41) is 12.4. The number of piperidine rings is 1. The molecule has 4 aromatic rings. The van der Waals surface area contributed by atoms with E-state index < -0.39 is 0 Å². The summed E-state index contributed by atoms with van der Waals surface area (Å²) in [6.07, 6.45) is 7.11. The Morgan fingerprint density at radius 2 is 1.87 bits per heavy atom. The molecule has 1 aromatic carbocycles. The summed E-state index contributed by atoms with van der Waals surface area (Å²) in [6, 6.07) is 12.5. The van der Waals surface area contributed by atoms with Crippen molar-refractivity contribution in [3.63, 3.8) is 0 Å². The van der Waals surface area contributed by atoms with Crippen molar-refractivity contribution in [3.05, 3.63) is 53.4 Å². The van der Waals surface area contributed by atoms with Crippen molar-refractivity contribution < 1.29 is 0 Å². The zero-order valence-corrected chi connectivity index (χ0v) is 18.4. The molecule has 2 aliphatic rings. The number of anilines is 1. The minimum atomic E-state index is 0.395. The van der Waals surface area contributed by atoms with E-state index in [4.69, 9.17) is 9.97 Å². The zero-order valence-electron chi connectivity index (χ0n) is 17.6. The highest BCUT2D eigenvalue weighted by molar-refractivity contribution is 7.13. The molecule has 0 unspecified atom stereocenters. The SMILES string of the molecule is c1csc(-c2nc(N3CCC[C@@H](c4nnc5n4CCCCC5)C3)c3ccccc3n2)c1. The Hall–Kier alpha value is -2.80. The van der Waals surface area contributed by atoms with Crippen LogP contribution in [0.25, 0.3) is 21.6 Å². The lowest BCUT2D eigenvalue weighted by atomic mass is 9.96. The first kappa shape index (κ1) is 18.9. The van der Waals surface area contributed by atoms with Crippen molar-refractivity contribution in [2.45, 2.75) is 51.0 Å². The van der Waals surface area contributed by atoms with E-state index in [1.165, 1.54) is 30.9 Å². The molecule has 0 amide bonds. The van der Waals surface area contributed by atoms with Crippen LogP contribution in [-0.2, 0) is 13.0 Å². The fourth-order valence-corrected chi connectivity index (χ4v) is 5.66. The van der Waals surface area contributed by atoms with Gasteiger partial charge in [0.05, 0.1) is 10.4 Å². The van der Waals surface area contributed by atoms with Gasteiger partial charge in [-0.3, -0.25) is 0 Å². The van der Waals surface area contributed by atoms with Crippen LogP contribution < -0.4 is 4.90 Å². The van der Waals surface area contributed by atoms with E-state index in [-0.39, 0.29) is 0 Å². The van der Waals surface area contributed by atoms with Gasteiger partial charge in [0, 0.05) is 37.4 Å². The van der Waals surface area contributed by atoms with Gasteiger partial charge in [0.25, 0.3) is 0 Å². The monoisotopic (exact) mass is 430 g/mol. The Kier molecular flexibility index (Phi) is 4.91. The Bertz CT molecular complexity index is 1200. The zero-order chi connectivity index (χ0) is 20.6. The van der Waals surface area contributed by atoms with E-state index in [1.54, 1.807) is 11.3 Å². The third-order valence-electron chi connectivity index (χ3n) is 6.55. The lowest BCUT2D eigenvalue weighted by molar-refractivity contribution is 0.464.